The fourth-order valence-electron chi connectivity index (χ4n) is 1.14. The number of aromatic nitrogens is 2. The number of nitrogens with zero attached hydrogens (tertiary/aromatic N) is 2. The van der Waals surface area contributed by atoms with E-state index in [0.717, 1.165) is 35.3 Å². The van der Waals surface area contributed by atoms with Crippen LogP contribution < -0.4 is 5.73 Å². The number of rotatable bonds is 3. The van der Waals surface area contributed by atoms with Crippen LogP contribution in [0.3, 0.4) is 0 Å². The van der Waals surface area contributed by atoms with Gasteiger partial charge in [0.25, 0.3) is 0 Å². The minimum atomic E-state index is 0.551. The summed E-state index contributed by atoms with van der Waals surface area (Å²) in [5, 5.41) is 0. The van der Waals surface area contributed by atoms with E-state index in [2.05, 4.69) is 39.7 Å². The summed E-state index contributed by atoms with van der Waals surface area (Å²) in [4.78, 5) is 8.59. The highest BCUT2D eigenvalue weighted by atomic mass is 79.9. The molecule has 2 N–H and O–H groups in total. The van der Waals surface area contributed by atoms with Gasteiger partial charge in [0.05, 0.1) is 10.2 Å². The Labute approximate surface area is 86.9 Å². The van der Waals surface area contributed by atoms with Crippen LogP contribution in [0.15, 0.2) is 4.47 Å². The fourth-order valence-corrected chi connectivity index (χ4v) is 1.59. The van der Waals surface area contributed by atoms with Gasteiger partial charge in [0.15, 0.2) is 0 Å². The monoisotopic (exact) mass is 243 g/mol. The summed E-state index contributed by atoms with van der Waals surface area (Å²) in [5.41, 5.74) is 6.73. The molecule has 0 aliphatic rings. The quantitative estimate of drug-likeness (QED) is 0.887. The zero-order valence-corrected chi connectivity index (χ0v) is 9.56. The van der Waals surface area contributed by atoms with E-state index in [-0.39, 0.29) is 0 Å². The summed E-state index contributed by atoms with van der Waals surface area (Å²) in [6, 6.07) is 0. The standard InChI is InChI=1S/C9H14BrN3/c1-3-5-7-12-6(4-2)8(10)9(11)13-7/h3-5H2,1-2H3,(H2,11,12,13). The van der Waals surface area contributed by atoms with Crippen LogP contribution in [0.5, 0.6) is 0 Å². The molecule has 0 unspecified atom stereocenters. The Morgan fingerprint density at radius 3 is 2.54 bits per heavy atom. The first kappa shape index (κ1) is 10.4. The Morgan fingerprint density at radius 2 is 2.00 bits per heavy atom. The highest BCUT2D eigenvalue weighted by Crippen LogP contribution is 2.21. The molecule has 0 saturated carbocycles. The van der Waals surface area contributed by atoms with Crippen molar-refractivity contribution in [3.8, 4) is 0 Å². The number of nitrogen functional groups attached to an aromatic ring is 1. The molecule has 0 atom stereocenters. The number of hydrogen-bond donors (Lipinski definition) is 1. The first-order chi connectivity index (χ1) is 6.19. The number of aryl methyl sites for hydroxylation is 2. The topological polar surface area (TPSA) is 51.8 Å². The van der Waals surface area contributed by atoms with E-state index in [1.807, 2.05) is 0 Å². The zero-order chi connectivity index (χ0) is 9.84. The molecular formula is C9H14BrN3. The van der Waals surface area contributed by atoms with E-state index in [4.69, 9.17) is 5.73 Å². The highest BCUT2D eigenvalue weighted by Gasteiger charge is 2.07. The highest BCUT2D eigenvalue weighted by molar-refractivity contribution is 9.10. The van der Waals surface area contributed by atoms with Gasteiger partial charge in [0, 0.05) is 6.42 Å². The van der Waals surface area contributed by atoms with Gasteiger partial charge in [0.1, 0.15) is 11.6 Å². The second kappa shape index (κ2) is 4.56. The van der Waals surface area contributed by atoms with E-state index in [1.165, 1.54) is 0 Å². The van der Waals surface area contributed by atoms with Crippen molar-refractivity contribution in [2.75, 3.05) is 5.73 Å². The fraction of sp³-hybridized carbons (Fsp3) is 0.556. The van der Waals surface area contributed by atoms with Gasteiger partial charge < -0.3 is 5.73 Å². The molecular weight excluding hydrogens is 230 g/mol. The lowest BCUT2D eigenvalue weighted by Gasteiger charge is -2.06. The molecule has 0 amide bonds. The van der Waals surface area contributed by atoms with Gasteiger partial charge in [-0.1, -0.05) is 13.8 Å². The third kappa shape index (κ3) is 2.40. The molecule has 13 heavy (non-hydrogen) atoms. The smallest absolute Gasteiger partial charge is 0.141 e. The Kier molecular flexibility index (Phi) is 3.66. The van der Waals surface area contributed by atoms with Crippen LogP contribution in [-0.2, 0) is 12.8 Å². The lowest BCUT2D eigenvalue weighted by Crippen LogP contribution is -2.04. The van der Waals surface area contributed by atoms with Crippen LogP contribution >= 0.6 is 15.9 Å². The van der Waals surface area contributed by atoms with Gasteiger partial charge in [-0.2, -0.15) is 0 Å². The summed E-state index contributed by atoms with van der Waals surface area (Å²) in [7, 11) is 0. The average molecular weight is 244 g/mol. The Bertz CT molecular complexity index is 299. The van der Waals surface area contributed by atoms with Crippen LogP contribution in [0.1, 0.15) is 31.8 Å². The zero-order valence-electron chi connectivity index (χ0n) is 7.97. The molecule has 1 aromatic heterocycles. The van der Waals surface area contributed by atoms with Gasteiger partial charge in [0.2, 0.25) is 0 Å². The van der Waals surface area contributed by atoms with Gasteiger partial charge in [-0.05, 0) is 28.8 Å². The Morgan fingerprint density at radius 1 is 1.31 bits per heavy atom. The van der Waals surface area contributed by atoms with Crippen molar-refractivity contribution in [2.45, 2.75) is 33.1 Å². The van der Waals surface area contributed by atoms with E-state index in [1.54, 1.807) is 0 Å². The predicted octanol–water partition coefficient (Wildman–Crippen LogP) is 2.34. The van der Waals surface area contributed by atoms with E-state index in [9.17, 15) is 0 Å². The normalized spacial score (nSPS) is 10.4. The minimum Gasteiger partial charge on any atom is -0.383 e. The van der Waals surface area contributed by atoms with Gasteiger partial charge in [-0.15, -0.1) is 0 Å². The van der Waals surface area contributed by atoms with Crippen LogP contribution in [-0.4, -0.2) is 9.97 Å². The lowest BCUT2D eigenvalue weighted by molar-refractivity contribution is 0.813. The van der Waals surface area contributed by atoms with Crippen molar-refractivity contribution in [3.05, 3.63) is 16.0 Å². The third-order valence-electron chi connectivity index (χ3n) is 1.80. The molecule has 4 heteroatoms. The summed E-state index contributed by atoms with van der Waals surface area (Å²) < 4.78 is 0.842. The van der Waals surface area contributed by atoms with Crippen LogP contribution in [0.25, 0.3) is 0 Å². The summed E-state index contributed by atoms with van der Waals surface area (Å²) >= 11 is 3.38. The van der Waals surface area contributed by atoms with Gasteiger partial charge >= 0.3 is 0 Å². The maximum Gasteiger partial charge on any atom is 0.141 e. The summed E-state index contributed by atoms with van der Waals surface area (Å²) in [5.74, 6) is 1.40. The molecule has 1 heterocycles. The summed E-state index contributed by atoms with van der Waals surface area (Å²) in [6.45, 7) is 4.16. The second-order valence-corrected chi connectivity index (χ2v) is 3.68. The van der Waals surface area contributed by atoms with Crippen molar-refractivity contribution in [1.29, 1.82) is 0 Å². The minimum absolute atomic E-state index is 0.551. The molecule has 1 aromatic rings. The molecule has 0 aliphatic carbocycles. The molecule has 72 valence electrons. The molecule has 0 fully saturated rings. The van der Waals surface area contributed by atoms with Gasteiger partial charge in [-0.3, -0.25) is 0 Å². The van der Waals surface area contributed by atoms with E-state index < -0.39 is 0 Å². The average Bonchev–Trinajstić information content (AvgIpc) is 2.11. The Balaban J connectivity index is 3.06. The third-order valence-corrected chi connectivity index (χ3v) is 2.66. The number of anilines is 1. The summed E-state index contributed by atoms with van der Waals surface area (Å²) in [6.07, 6.45) is 2.82. The van der Waals surface area contributed by atoms with Crippen molar-refractivity contribution in [2.24, 2.45) is 0 Å². The maximum atomic E-state index is 5.73. The van der Waals surface area contributed by atoms with Gasteiger partial charge in [-0.25, -0.2) is 9.97 Å². The molecule has 0 saturated heterocycles. The largest absolute Gasteiger partial charge is 0.383 e. The maximum absolute atomic E-state index is 5.73. The van der Waals surface area contributed by atoms with Crippen molar-refractivity contribution in [3.63, 3.8) is 0 Å². The van der Waals surface area contributed by atoms with Crippen molar-refractivity contribution >= 4 is 21.7 Å². The lowest BCUT2D eigenvalue weighted by atomic mass is 10.2. The molecule has 0 bridgehead atoms. The molecule has 0 aromatic carbocycles. The molecule has 0 aliphatic heterocycles. The second-order valence-electron chi connectivity index (χ2n) is 2.89. The van der Waals surface area contributed by atoms with E-state index >= 15 is 0 Å². The number of halogens is 1. The number of hydrogen-bond acceptors (Lipinski definition) is 3. The van der Waals surface area contributed by atoms with Crippen LogP contribution in [0, 0.1) is 0 Å². The number of nitrogens with two attached hydrogens (primary N) is 1. The first-order valence-electron chi connectivity index (χ1n) is 4.49. The molecule has 0 radical (unpaired) electrons. The van der Waals surface area contributed by atoms with Crippen LogP contribution in [0.2, 0.25) is 0 Å². The SMILES string of the molecule is CCCc1nc(N)c(Br)c(CC)n1. The van der Waals surface area contributed by atoms with Crippen molar-refractivity contribution < 1.29 is 0 Å². The molecule has 1 rings (SSSR count). The first-order valence-corrected chi connectivity index (χ1v) is 5.29. The predicted molar refractivity (Wildman–Crippen MR) is 57.5 cm³/mol. The molecule has 3 nitrogen and oxygen atoms in total. The van der Waals surface area contributed by atoms with E-state index in [0.29, 0.717) is 5.82 Å². The van der Waals surface area contributed by atoms with Crippen molar-refractivity contribution in [1.82, 2.24) is 9.97 Å². The Hall–Kier alpha value is -0.640. The van der Waals surface area contributed by atoms with Crippen LogP contribution in [0.4, 0.5) is 5.82 Å². The molecule has 0 spiro atoms.